The molecule has 0 aliphatic heterocycles. The van der Waals surface area contributed by atoms with Crippen LogP contribution in [-0.4, -0.2) is 10.1 Å². The Morgan fingerprint density at radius 3 is 2.83 bits per heavy atom. The van der Waals surface area contributed by atoms with Crippen LogP contribution < -0.4 is 4.74 Å². The van der Waals surface area contributed by atoms with E-state index in [1.54, 1.807) is 31.3 Å². The molecule has 0 aliphatic rings. The summed E-state index contributed by atoms with van der Waals surface area (Å²) in [5, 5.41) is 9.59. The molecule has 1 aromatic heterocycles. The second kappa shape index (κ2) is 5.46. The van der Waals surface area contributed by atoms with Crippen LogP contribution in [0.5, 0.6) is 11.6 Å². The lowest BCUT2D eigenvalue weighted by Crippen LogP contribution is -1.98. The van der Waals surface area contributed by atoms with Gasteiger partial charge in [-0.1, -0.05) is 15.9 Å². The Morgan fingerprint density at radius 1 is 1.39 bits per heavy atom. The van der Waals surface area contributed by atoms with Crippen LogP contribution in [0.4, 0.5) is 4.39 Å². The van der Waals surface area contributed by atoms with E-state index in [2.05, 4.69) is 20.9 Å². The number of aliphatic hydroxyl groups is 1. The van der Waals surface area contributed by atoms with E-state index in [0.717, 1.165) is 0 Å². The molecule has 0 saturated carbocycles. The lowest BCUT2D eigenvalue weighted by atomic mass is 10.2. The van der Waals surface area contributed by atoms with Crippen molar-refractivity contribution in [2.24, 2.45) is 0 Å². The van der Waals surface area contributed by atoms with Gasteiger partial charge in [-0.3, -0.25) is 0 Å². The maximum atomic E-state index is 13.2. The molecule has 2 rings (SSSR count). The first-order valence-corrected chi connectivity index (χ1v) is 6.12. The van der Waals surface area contributed by atoms with Crippen LogP contribution in [0.15, 0.2) is 41.0 Å². The fourth-order valence-corrected chi connectivity index (χ4v) is 1.95. The number of hydrogen-bond acceptors (Lipinski definition) is 3. The molecule has 18 heavy (non-hydrogen) atoms. The van der Waals surface area contributed by atoms with Gasteiger partial charge in [0.1, 0.15) is 11.6 Å². The van der Waals surface area contributed by atoms with Gasteiger partial charge in [0.25, 0.3) is 0 Å². The summed E-state index contributed by atoms with van der Waals surface area (Å²) in [4.78, 5) is 4.03. The highest BCUT2D eigenvalue weighted by Gasteiger charge is 2.11. The van der Waals surface area contributed by atoms with Crippen molar-refractivity contribution in [3.8, 4) is 11.6 Å². The monoisotopic (exact) mass is 311 g/mol. The molecule has 0 amide bonds. The van der Waals surface area contributed by atoms with Crippen LogP contribution in [0.1, 0.15) is 18.6 Å². The van der Waals surface area contributed by atoms with Gasteiger partial charge in [0.05, 0.1) is 6.10 Å². The minimum Gasteiger partial charge on any atom is -0.438 e. The lowest BCUT2D eigenvalue weighted by Gasteiger charge is -2.11. The van der Waals surface area contributed by atoms with Crippen LogP contribution in [0, 0.1) is 5.82 Å². The van der Waals surface area contributed by atoms with Gasteiger partial charge in [0, 0.05) is 22.3 Å². The van der Waals surface area contributed by atoms with Gasteiger partial charge in [-0.15, -0.1) is 0 Å². The zero-order chi connectivity index (χ0) is 13.1. The first-order valence-electron chi connectivity index (χ1n) is 5.33. The highest BCUT2D eigenvalue weighted by Crippen LogP contribution is 2.29. The molecule has 0 aliphatic carbocycles. The van der Waals surface area contributed by atoms with Crippen molar-refractivity contribution >= 4 is 15.9 Å². The molecule has 0 bridgehead atoms. The molecule has 1 aromatic carbocycles. The third-order valence-electron chi connectivity index (χ3n) is 2.30. The van der Waals surface area contributed by atoms with Crippen molar-refractivity contribution in [2.75, 3.05) is 0 Å². The Labute approximate surface area is 112 Å². The molecule has 3 nitrogen and oxygen atoms in total. The third kappa shape index (κ3) is 3.05. The fourth-order valence-electron chi connectivity index (χ4n) is 1.51. The van der Waals surface area contributed by atoms with E-state index in [1.165, 1.54) is 12.1 Å². The van der Waals surface area contributed by atoms with E-state index in [-0.39, 0.29) is 5.88 Å². The fraction of sp³-hybridized carbons (Fsp3) is 0.154. The first-order chi connectivity index (χ1) is 8.56. The molecule has 0 fully saturated rings. The van der Waals surface area contributed by atoms with Gasteiger partial charge in [-0.05, 0) is 31.2 Å². The molecule has 0 radical (unpaired) electrons. The summed E-state index contributed by atoms with van der Waals surface area (Å²) in [7, 11) is 0. The maximum Gasteiger partial charge on any atom is 0.225 e. The number of nitrogens with zero attached hydrogens (tertiary/aromatic N) is 1. The molecule has 5 heteroatoms. The molecular weight excluding hydrogens is 301 g/mol. The quantitative estimate of drug-likeness (QED) is 0.936. The molecule has 1 unspecified atom stereocenters. The Hall–Kier alpha value is -1.46. The lowest BCUT2D eigenvalue weighted by molar-refractivity contribution is 0.194. The van der Waals surface area contributed by atoms with Crippen molar-refractivity contribution in [3.05, 3.63) is 52.4 Å². The first kappa shape index (κ1) is 13.0. The van der Waals surface area contributed by atoms with Crippen LogP contribution in [0.3, 0.4) is 0 Å². The van der Waals surface area contributed by atoms with Crippen LogP contribution >= 0.6 is 15.9 Å². The Morgan fingerprint density at radius 2 is 2.17 bits per heavy atom. The molecule has 1 atom stereocenters. The third-order valence-corrected chi connectivity index (χ3v) is 2.76. The van der Waals surface area contributed by atoms with Gasteiger partial charge in [-0.2, -0.15) is 0 Å². The molecule has 0 spiro atoms. The van der Waals surface area contributed by atoms with E-state index < -0.39 is 11.9 Å². The highest BCUT2D eigenvalue weighted by atomic mass is 79.9. The Kier molecular flexibility index (Phi) is 3.93. The van der Waals surface area contributed by atoms with Crippen LogP contribution in [-0.2, 0) is 0 Å². The van der Waals surface area contributed by atoms with Crippen molar-refractivity contribution in [1.29, 1.82) is 0 Å². The van der Waals surface area contributed by atoms with E-state index >= 15 is 0 Å². The number of pyridine rings is 1. The van der Waals surface area contributed by atoms with Gasteiger partial charge in [-0.25, -0.2) is 9.37 Å². The predicted octanol–water partition coefficient (Wildman–Crippen LogP) is 3.83. The number of aliphatic hydroxyl groups excluding tert-OH is 1. The van der Waals surface area contributed by atoms with Gasteiger partial charge in [0.2, 0.25) is 5.88 Å². The minimum atomic E-state index is -0.703. The highest BCUT2D eigenvalue weighted by molar-refractivity contribution is 9.10. The SMILES string of the molecule is CC(O)c1cccnc1Oc1cc(F)cc(Br)c1. The number of halogens is 2. The second-order valence-corrected chi connectivity index (χ2v) is 4.70. The van der Waals surface area contributed by atoms with E-state index in [0.29, 0.717) is 15.8 Å². The van der Waals surface area contributed by atoms with Crippen molar-refractivity contribution in [1.82, 2.24) is 4.98 Å². The minimum absolute atomic E-state index is 0.269. The Balaban J connectivity index is 2.34. The molecule has 1 heterocycles. The normalized spacial score (nSPS) is 12.2. The average molecular weight is 312 g/mol. The summed E-state index contributed by atoms with van der Waals surface area (Å²) in [6.45, 7) is 1.62. The van der Waals surface area contributed by atoms with Crippen LogP contribution in [0.2, 0.25) is 0 Å². The van der Waals surface area contributed by atoms with Crippen molar-refractivity contribution in [3.63, 3.8) is 0 Å². The summed E-state index contributed by atoms with van der Waals surface area (Å²) in [6, 6.07) is 7.63. The molecule has 94 valence electrons. The Bertz CT molecular complexity index is 540. The zero-order valence-corrected chi connectivity index (χ0v) is 11.2. The maximum absolute atomic E-state index is 13.2. The molecular formula is C13H11BrFNO2. The second-order valence-electron chi connectivity index (χ2n) is 3.78. The van der Waals surface area contributed by atoms with Crippen LogP contribution in [0.25, 0.3) is 0 Å². The smallest absolute Gasteiger partial charge is 0.225 e. The summed E-state index contributed by atoms with van der Waals surface area (Å²) < 4.78 is 19.3. The van der Waals surface area contributed by atoms with Crippen molar-refractivity contribution in [2.45, 2.75) is 13.0 Å². The number of aromatic nitrogens is 1. The number of rotatable bonds is 3. The molecule has 0 saturated heterocycles. The summed E-state index contributed by atoms with van der Waals surface area (Å²) in [5.74, 6) is 0.182. The summed E-state index contributed by atoms with van der Waals surface area (Å²) in [5.41, 5.74) is 0.554. The summed E-state index contributed by atoms with van der Waals surface area (Å²) >= 11 is 3.18. The van der Waals surface area contributed by atoms with Crippen molar-refractivity contribution < 1.29 is 14.2 Å². The largest absolute Gasteiger partial charge is 0.438 e. The number of benzene rings is 1. The van der Waals surface area contributed by atoms with E-state index in [4.69, 9.17) is 4.74 Å². The number of ether oxygens (including phenoxy) is 1. The molecule has 2 aromatic rings. The predicted molar refractivity (Wildman–Crippen MR) is 69.0 cm³/mol. The van der Waals surface area contributed by atoms with Gasteiger partial charge < -0.3 is 9.84 Å². The average Bonchev–Trinajstić information content (AvgIpc) is 2.27. The standard InChI is InChI=1S/C13H11BrFNO2/c1-8(17)12-3-2-4-16-13(12)18-11-6-9(14)5-10(15)7-11/h2-8,17H,1H3. The van der Waals surface area contributed by atoms with E-state index in [9.17, 15) is 9.50 Å². The molecule has 1 N–H and O–H groups in total. The topological polar surface area (TPSA) is 42.4 Å². The van der Waals surface area contributed by atoms with Gasteiger partial charge >= 0.3 is 0 Å². The summed E-state index contributed by atoms with van der Waals surface area (Å²) in [6.07, 6.45) is 0.848. The number of hydrogen-bond donors (Lipinski definition) is 1. The van der Waals surface area contributed by atoms with Gasteiger partial charge in [0.15, 0.2) is 0 Å². The zero-order valence-electron chi connectivity index (χ0n) is 9.60. The van der Waals surface area contributed by atoms with E-state index in [1.807, 2.05) is 0 Å².